The summed E-state index contributed by atoms with van der Waals surface area (Å²) >= 11 is 0. The van der Waals surface area contributed by atoms with Gasteiger partial charge in [-0.15, -0.1) is 0 Å². The number of hydrogen-bond donors (Lipinski definition) is 2. The van der Waals surface area contributed by atoms with Crippen LogP contribution in [-0.4, -0.2) is 28.8 Å². The Balaban J connectivity index is 1.69. The lowest BCUT2D eigenvalue weighted by atomic mass is 10.2. The van der Waals surface area contributed by atoms with Crippen molar-refractivity contribution < 1.29 is 0 Å². The molecule has 2 N–H and O–H groups in total. The first-order valence-corrected chi connectivity index (χ1v) is 9.26. The van der Waals surface area contributed by atoms with Gasteiger partial charge in [0.1, 0.15) is 0 Å². The lowest BCUT2D eigenvalue weighted by Crippen LogP contribution is -2.38. The Hall–Kier alpha value is -2.30. The molecule has 0 saturated heterocycles. The van der Waals surface area contributed by atoms with E-state index in [1.54, 1.807) is 0 Å². The van der Waals surface area contributed by atoms with E-state index in [0.717, 1.165) is 37.2 Å². The maximum atomic E-state index is 4.77. The second-order valence-corrected chi connectivity index (χ2v) is 6.81. The van der Waals surface area contributed by atoms with Gasteiger partial charge in [0.25, 0.3) is 0 Å². The quantitative estimate of drug-likeness (QED) is 0.602. The third-order valence-corrected chi connectivity index (χ3v) is 4.70. The van der Waals surface area contributed by atoms with Crippen molar-refractivity contribution in [3.05, 3.63) is 52.8 Å². The van der Waals surface area contributed by atoms with Crippen molar-refractivity contribution >= 4 is 5.96 Å². The molecule has 1 aliphatic rings. The summed E-state index contributed by atoms with van der Waals surface area (Å²) in [7, 11) is 0. The van der Waals surface area contributed by atoms with Crippen molar-refractivity contribution in [1.82, 2.24) is 20.4 Å². The third-order valence-electron chi connectivity index (χ3n) is 4.70. The molecule has 1 heterocycles. The van der Waals surface area contributed by atoms with E-state index in [-0.39, 0.29) is 0 Å². The second kappa shape index (κ2) is 8.19. The Morgan fingerprint density at radius 2 is 1.96 bits per heavy atom. The lowest BCUT2D eigenvalue weighted by molar-refractivity contribution is 0.658. The molecule has 0 atom stereocenters. The van der Waals surface area contributed by atoms with Crippen LogP contribution in [0.25, 0.3) is 0 Å². The summed E-state index contributed by atoms with van der Waals surface area (Å²) in [5.74, 6) is 1.74. The maximum Gasteiger partial charge on any atom is 0.191 e. The van der Waals surface area contributed by atoms with Crippen LogP contribution in [0.3, 0.4) is 0 Å². The highest BCUT2D eigenvalue weighted by Crippen LogP contribution is 2.27. The molecule has 1 aliphatic carbocycles. The molecule has 0 amide bonds. The summed E-state index contributed by atoms with van der Waals surface area (Å²) in [5.41, 5.74) is 4.75. The van der Waals surface area contributed by atoms with Crippen LogP contribution in [0.15, 0.2) is 35.3 Å². The van der Waals surface area contributed by atoms with Gasteiger partial charge in [0.2, 0.25) is 0 Å². The number of hydrogen-bond acceptors (Lipinski definition) is 2. The molecular weight excluding hydrogens is 310 g/mol. The number of rotatable bonds is 7. The summed E-state index contributed by atoms with van der Waals surface area (Å²) < 4.78 is 2.08. The molecular formula is C20H29N5. The molecule has 25 heavy (non-hydrogen) atoms. The minimum Gasteiger partial charge on any atom is -0.357 e. The van der Waals surface area contributed by atoms with Crippen molar-refractivity contribution in [2.45, 2.75) is 46.7 Å². The van der Waals surface area contributed by atoms with E-state index < -0.39 is 0 Å². The Labute approximate surface area is 150 Å². The number of benzene rings is 1. The Morgan fingerprint density at radius 1 is 1.20 bits per heavy atom. The minimum absolute atomic E-state index is 0.659. The van der Waals surface area contributed by atoms with Gasteiger partial charge in [-0.05, 0) is 45.1 Å². The molecule has 2 aromatic rings. The molecule has 0 bridgehead atoms. The number of aliphatic imine (C=N–C) groups is 1. The van der Waals surface area contributed by atoms with Gasteiger partial charge in [0, 0.05) is 24.3 Å². The van der Waals surface area contributed by atoms with E-state index in [4.69, 9.17) is 10.1 Å². The van der Waals surface area contributed by atoms with E-state index in [0.29, 0.717) is 6.54 Å². The van der Waals surface area contributed by atoms with E-state index in [1.165, 1.54) is 29.7 Å². The van der Waals surface area contributed by atoms with Crippen LogP contribution in [0.4, 0.5) is 0 Å². The molecule has 5 heteroatoms. The first-order valence-electron chi connectivity index (χ1n) is 9.26. The van der Waals surface area contributed by atoms with Gasteiger partial charge >= 0.3 is 0 Å². The van der Waals surface area contributed by atoms with Gasteiger partial charge in [-0.1, -0.05) is 30.3 Å². The molecule has 1 saturated carbocycles. The molecule has 0 unspecified atom stereocenters. The smallest absolute Gasteiger partial charge is 0.191 e. The molecule has 1 fully saturated rings. The van der Waals surface area contributed by atoms with Gasteiger partial charge < -0.3 is 10.6 Å². The van der Waals surface area contributed by atoms with Crippen molar-refractivity contribution in [2.24, 2.45) is 10.9 Å². The zero-order valence-electron chi connectivity index (χ0n) is 15.5. The molecule has 0 radical (unpaired) electrons. The zero-order chi connectivity index (χ0) is 17.6. The molecule has 1 aromatic heterocycles. The predicted molar refractivity (Wildman–Crippen MR) is 103 cm³/mol. The minimum atomic E-state index is 0.659. The van der Waals surface area contributed by atoms with E-state index in [2.05, 4.69) is 60.4 Å². The molecule has 3 rings (SSSR count). The van der Waals surface area contributed by atoms with Gasteiger partial charge in [-0.25, -0.2) is 4.99 Å². The van der Waals surface area contributed by atoms with Crippen molar-refractivity contribution in [1.29, 1.82) is 0 Å². The van der Waals surface area contributed by atoms with Gasteiger partial charge in [0.15, 0.2) is 5.96 Å². The average molecular weight is 339 g/mol. The van der Waals surface area contributed by atoms with Crippen molar-refractivity contribution in [2.75, 3.05) is 13.1 Å². The topological polar surface area (TPSA) is 54.2 Å². The monoisotopic (exact) mass is 339 g/mol. The highest BCUT2D eigenvalue weighted by Gasteiger charge is 2.21. The molecule has 134 valence electrons. The molecule has 0 spiro atoms. The van der Waals surface area contributed by atoms with E-state index in [9.17, 15) is 0 Å². The Kier molecular flexibility index (Phi) is 5.74. The number of nitrogens with one attached hydrogen (secondary N) is 2. The van der Waals surface area contributed by atoms with Gasteiger partial charge in [0.05, 0.1) is 18.8 Å². The van der Waals surface area contributed by atoms with Crippen LogP contribution in [0, 0.1) is 19.8 Å². The van der Waals surface area contributed by atoms with E-state index >= 15 is 0 Å². The van der Waals surface area contributed by atoms with Crippen LogP contribution < -0.4 is 10.6 Å². The fourth-order valence-electron chi connectivity index (χ4n) is 2.94. The number of aryl methyl sites for hydroxylation is 1. The highest BCUT2D eigenvalue weighted by molar-refractivity contribution is 5.79. The summed E-state index contributed by atoms with van der Waals surface area (Å²) in [6.45, 7) is 9.67. The first kappa shape index (κ1) is 17.5. The van der Waals surface area contributed by atoms with Crippen LogP contribution in [0.2, 0.25) is 0 Å². The summed E-state index contributed by atoms with van der Waals surface area (Å²) in [5, 5.41) is 11.5. The maximum absolute atomic E-state index is 4.77. The number of nitrogens with zero attached hydrogens (tertiary/aromatic N) is 3. The molecule has 5 nitrogen and oxygen atoms in total. The fraction of sp³-hybridized carbons (Fsp3) is 0.500. The van der Waals surface area contributed by atoms with Crippen molar-refractivity contribution in [3.8, 4) is 0 Å². The second-order valence-electron chi connectivity index (χ2n) is 6.81. The normalized spacial score (nSPS) is 14.6. The average Bonchev–Trinajstić information content (AvgIpc) is 3.40. The molecule has 0 aliphatic heterocycles. The van der Waals surface area contributed by atoms with Gasteiger partial charge in [-0.2, -0.15) is 5.10 Å². The van der Waals surface area contributed by atoms with Crippen LogP contribution in [0.5, 0.6) is 0 Å². The predicted octanol–water partition coefficient (Wildman–Crippen LogP) is 3.01. The lowest BCUT2D eigenvalue weighted by Gasteiger charge is -2.11. The zero-order valence-corrected chi connectivity index (χ0v) is 15.5. The van der Waals surface area contributed by atoms with Crippen LogP contribution >= 0.6 is 0 Å². The fourth-order valence-corrected chi connectivity index (χ4v) is 2.94. The van der Waals surface area contributed by atoms with Crippen LogP contribution in [0.1, 0.15) is 42.3 Å². The number of guanidine groups is 1. The first-order chi connectivity index (χ1) is 12.2. The van der Waals surface area contributed by atoms with E-state index in [1.807, 2.05) is 6.07 Å². The van der Waals surface area contributed by atoms with Crippen LogP contribution in [-0.2, 0) is 13.1 Å². The Bertz CT molecular complexity index is 713. The van der Waals surface area contributed by atoms with Crippen molar-refractivity contribution in [3.63, 3.8) is 0 Å². The van der Waals surface area contributed by atoms with Gasteiger partial charge in [-0.3, -0.25) is 4.68 Å². The standard InChI is InChI=1S/C20H29N5/c1-4-21-20(22-12-17-10-11-17)23-13-19-15(2)24-25(16(19)3)14-18-8-6-5-7-9-18/h5-9,17H,4,10-14H2,1-3H3,(H2,21,22,23). The summed E-state index contributed by atoms with van der Waals surface area (Å²) in [6, 6.07) is 10.5. The largest absolute Gasteiger partial charge is 0.357 e. The highest BCUT2D eigenvalue weighted by atomic mass is 15.3. The Morgan fingerprint density at radius 3 is 2.64 bits per heavy atom. The number of aromatic nitrogens is 2. The summed E-state index contributed by atoms with van der Waals surface area (Å²) in [6.07, 6.45) is 2.69. The summed E-state index contributed by atoms with van der Waals surface area (Å²) in [4.78, 5) is 4.77. The SMILES string of the molecule is CCNC(=NCc1c(C)nn(Cc2ccccc2)c1C)NCC1CC1. The molecule has 1 aromatic carbocycles. The third kappa shape index (κ3) is 4.84.